The van der Waals surface area contributed by atoms with E-state index < -0.39 is 0 Å². The maximum absolute atomic E-state index is 13.8. The zero-order valence-corrected chi connectivity index (χ0v) is 21.0. The van der Waals surface area contributed by atoms with E-state index >= 15 is 0 Å². The molecule has 0 saturated carbocycles. The second kappa shape index (κ2) is 10.7. The molecule has 1 fully saturated rings. The van der Waals surface area contributed by atoms with Gasteiger partial charge in [-0.05, 0) is 38.9 Å². The lowest BCUT2D eigenvalue weighted by atomic mass is 10.0. The van der Waals surface area contributed by atoms with Gasteiger partial charge in [0.15, 0.2) is 0 Å². The molecule has 36 heavy (non-hydrogen) atoms. The first-order valence-electron chi connectivity index (χ1n) is 12.1. The number of hydrogen-bond donors (Lipinski definition) is 2. The summed E-state index contributed by atoms with van der Waals surface area (Å²) in [5.41, 5.74) is 3.88. The smallest absolute Gasteiger partial charge is 0.260 e. The first kappa shape index (κ1) is 24.3. The Morgan fingerprint density at radius 2 is 2.08 bits per heavy atom. The van der Waals surface area contributed by atoms with E-state index in [-0.39, 0.29) is 11.7 Å². The number of nitrogens with one attached hydrogen (secondary N) is 2. The number of rotatable bonds is 8. The van der Waals surface area contributed by atoms with Crippen molar-refractivity contribution in [2.24, 2.45) is 0 Å². The average Bonchev–Trinajstić information content (AvgIpc) is 3.39. The molecular weight excluding hydrogens is 478 g/mol. The van der Waals surface area contributed by atoms with Gasteiger partial charge < -0.3 is 15.4 Å². The molecule has 4 heterocycles. The van der Waals surface area contributed by atoms with E-state index in [0.29, 0.717) is 47.4 Å². The van der Waals surface area contributed by atoms with Crippen molar-refractivity contribution < 1.29 is 4.74 Å². The van der Waals surface area contributed by atoms with Crippen molar-refractivity contribution >= 4 is 28.6 Å². The molecule has 1 unspecified atom stereocenters. The number of ether oxygens (including phenoxy) is 1. The fourth-order valence-corrected chi connectivity index (χ4v) is 4.66. The molecule has 3 aromatic heterocycles. The van der Waals surface area contributed by atoms with Crippen LogP contribution >= 0.6 is 11.6 Å². The Morgan fingerprint density at radius 3 is 2.83 bits per heavy atom. The zero-order valence-electron chi connectivity index (χ0n) is 20.3. The van der Waals surface area contributed by atoms with Crippen LogP contribution in [0.1, 0.15) is 19.0 Å². The predicted octanol–water partition coefficient (Wildman–Crippen LogP) is 3.69. The summed E-state index contributed by atoms with van der Waals surface area (Å²) >= 11 is 6.72. The van der Waals surface area contributed by atoms with Crippen LogP contribution in [0, 0.1) is 6.92 Å². The Morgan fingerprint density at radius 1 is 1.19 bits per heavy atom. The number of aromatic nitrogens is 5. The Hall–Kier alpha value is -3.40. The summed E-state index contributed by atoms with van der Waals surface area (Å²) in [5.74, 6) is 0.480. The number of hydrogen-bond acceptors (Lipinski definition) is 8. The number of aryl methyl sites for hydroxylation is 1. The standard InChI is InChI=1S/C26H28ClN7O2/c1-3-30-26-31-13-18-10-21(20-5-4-17(11-22(20)27)23-15-29-12-16(2)32-23)25(35)34(24(18)33-26)8-9-36-19-6-7-28-14-19/h4-5,10-13,15,19,28H,3,6-9,14H2,1-2H3,(H,30,31,33). The van der Waals surface area contributed by atoms with Gasteiger partial charge in [0.05, 0.1) is 36.8 Å². The largest absolute Gasteiger partial charge is 0.375 e. The molecule has 1 aliphatic heterocycles. The second-order valence-corrected chi connectivity index (χ2v) is 9.15. The molecule has 0 aliphatic carbocycles. The zero-order chi connectivity index (χ0) is 25.1. The van der Waals surface area contributed by atoms with Crippen LogP contribution < -0.4 is 16.2 Å². The minimum atomic E-state index is -0.179. The lowest BCUT2D eigenvalue weighted by Gasteiger charge is -2.16. The van der Waals surface area contributed by atoms with Crippen molar-refractivity contribution in [2.45, 2.75) is 32.9 Å². The van der Waals surface area contributed by atoms with Crippen molar-refractivity contribution in [2.75, 3.05) is 31.6 Å². The summed E-state index contributed by atoms with van der Waals surface area (Å²) in [6.45, 7) is 7.10. The third kappa shape index (κ3) is 5.09. The van der Waals surface area contributed by atoms with E-state index in [4.69, 9.17) is 16.3 Å². The van der Waals surface area contributed by atoms with E-state index in [0.717, 1.165) is 41.8 Å². The molecule has 1 atom stereocenters. The molecule has 1 saturated heterocycles. The van der Waals surface area contributed by atoms with Gasteiger partial charge in [0.2, 0.25) is 5.95 Å². The van der Waals surface area contributed by atoms with Crippen molar-refractivity contribution in [1.82, 2.24) is 29.8 Å². The predicted molar refractivity (Wildman–Crippen MR) is 141 cm³/mol. The molecule has 10 heteroatoms. The van der Waals surface area contributed by atoms with Gasteiger partial charge in [-0.2, -0.15) is 4.98 Å². The van der Waals surface area contributed by atoms with E-state index in [1.165, 1.54) is 0 Å². The summed E-state index contributed by atoms with van der Waals surface area (Å²) in [6.07, 6.45) is 6.25. The average molecular weight is 506 g/mol. The van der Waals surface area contributed by atoms with Gasteiger partial charge in [-0.1, -0.05) is 23.7 Å². The van der Waals surface area contributed by atoms with Crippen LogP contribution in [0.5, 0.6) is 0 Å². The number of nitrogens with zero attached hydrogens (tertiary/aromatic N) is 5. The molecule has 4 aromatic rings. The van der Waals surface area contributed by atoms with Crippen molar-refractivity contribution in [3.8, 4) is 22.4 Å². The summed E-state index contributed by atoms with van der Waals surface area (Å²) in [6, 6.07) is 7.37. The number of anilines is 1. The molecule has 0 amide bonds. The molecular formula is C26H28ClN7O2. The quantitative estimate of drug-likeness (QED) is 0.373. The number of fused-ring (bicyclic) bond motifs is 1. The van der Waals surface area contributed by atoms with Gasteiger partial charge in [0.25, 0.3) is 5.56 Å². The van der Waals surface area contributed by atoms with Crippen LogP contribution in [0.2, 0.25) is 5.02 Å². The molecule has 5 rings (SSSR count). The van der Waals surface area contributed by atoms with Gasteiger partial charge in [-0.3, -0.25) is 14.3 Å². The van der Waals surface area contributed by atoms with E-state index in [1.807, 2.05) is 32.0 Å². The molecule has 0 bridgehead atoms. The summed E-state index contributed by atoms with van der Waals surface area (Å²) < 4.78 is 7.67. The third-order valence-corrected chi connectivity index (χ3v) is 6.47. The topological polar surface area (TPSA) is 107 Å². The minimum absolute atomic E-state index is 0.161. The second-order valence-electron chi connectivity index (χ2n) is 8.74. The maximum Gasteiger partial charge on any atom is 0.260 e. The first-order chi connectivity index (χ1) is 17.5. The normalized spacial score (nSPS) is 15.5. The number of benzene rings is 1. The Balaban J connectivity index is 1.55. The maximum atomic E-state index is 13.8. The van der Waals surface area contributed by atoms with Gasteiger partial charge in [-0.15, -0.1) is 0 Å². The van der Waals surface area contributed by atoms with Crippen LogP contribution in [-0.2, 0) is 11.3 Å². The Kier molecular flexibility index (Phi) is 7.22. The molecule has 9 nitrogen and oxygen atoms in total. The summed E-state index contributed by atoms with van der Waals surface area (Å²) in [4.78, 5) is 31.5. The Labute approximate surface area is 213 Å². The van der Waals surface area contributed by atoms with Gasteiger partial charge in [0, 0.05) is 52.6 Å². The highest BCUT2D eigenvalue weighted by molar-refractivity contribution is 6.33. The number of halogens is 1. The van der Waals surface area contributed by atoms with Crippen LogP contribution in [0.4, 0.5) is 5.95 Å². The van der Waals surface area contributed by atoms with E-state index in [2.05, 4.69) is 30.6 Å². The fraction of sp³-hybridized carbons (Fsp3) is 0.346. The van der Waals surface area contributed by atoms with Crippen LogP contribution in [0.15, 0.2) is 47.7 Å². The van der Waals surface area contributed by atoms with Gasteiger partial charge in [0.1, 0.15) is 5.65 Å². The molecule has 0 radical (unpaired) electrons. The minimum Gasteiger partial charge on any atom is -0.375 e. The first-order valence-corrected chi connectivity index (χ1v) is 12.5. The van der Waals surface area contributed by atoms with Gasteiger partial charge >= 0.3 is 0 Å². The highest BCUT2D eigenvalue weighted by Crippen LogP contribution is 2.31. The monoisotopic (exact) mass is 505 g/mol. The lowest BCUT2D eigenvalue weighted by molar-refractivity contribution is 0.0615. The van der Waals surface area contributed by atoms with Gasteiger partial charge in [-0.25, -0.2) is 9.97 Å². The summed E-state index contributed by atoms with van der Waals surface area (Å²) in [5, 5.41) is 7.62. The molecule has 1 aliphatic rings. The van der Waals surface area contributed by atoms with Crippen molar-refractivity contribution in [1.29, 1.82) is 0 Å². The SMILES string of the molecule is CCNc1ncc2cc(-c3ccc(-c4cncc(C)n4)cc3Cl)c(=O)n(CCOC3CCNC3)c2n1. The van der Waals surface area contributed by atoms with Crippen LogP contribution in [-0.4, -0.2) is 56.8 Å². The molecule has 2 N–H and O–H groups in total. The Bertz CT molecular complexity index is 1450. The van der Waals surface area contributed by atoms with E-state index in [9.17, 15) is 4.79 Å². The van der Waals surface area contributed by atoms with Crippen LogP contribution in [0.25, 0.3) is 33.4 Å². The van der Waals surface area contributed by atoms with Crippen molar-refractivity contribution in [3.05, 3.63) is 63.9 Å². The highest BCUT2D eigenvalue weighted by atomic mass is 35.5. The molecule has 0 spiro atoms. The molecule has 186 valence electrons. The summed E-state index contributed by atoms with van der Waals surface area (Å²) in [7, 11) is 0. The van der Waals surface area contributed by atoms with E-state index in [1.54, 1.807) is 29.2 Å². The molecule has 1 aromatic carbocycles. The highest BCUT2D eigenvalue weighted by Gasteiger charge is 2.18. The fourth-order valence-electron chi connectivity index (χ4n) is 4.38. The van der Waals surface area contributed by atoms with Crippen LogP contribution in [0.3, 0.4) is 0 Å². The van der Waals surface area contributed by atoms with Crippen molar-refractivity contribution in [3.63, 3.8) is 0 Å². The number of pyridine rings is 1. The third-order valence-electron chi connectivity index (χ3n) is 6.16. The lowest BCUT2D eigenvalue weighted by Crippen LogP contribution is -2.27.